The van der Waals surface area contributed by atoms with Crippen molar-refractivity contribution in [1.29, 1.82) is 0 Å². The maximum Gasteiger partial charge on any atom is 0.0443 e. The first-order valence-electron chi connectivity index (χ1n) is 14.3. The Bertz CT molecular complexity index is 655. The van der Waals surface area contributed by atoms with Crippen molar-refractivity contribution < 1.29 is 5.11 Å². The van der Waals surface area contributed by atoms with E-state index in [1.54, 1.807) is 5.57 Å². The molecule has 2 heteroatoms. The number of aliphatic hydroxyl groups is 1. The first-order chi connectivity index (χ1) is 15.3. The van der Waals surface area contributed by atoms with E-state index >= 15 is 0 Å². The minimum Gasteiger partial charge on any atom is -0.396 e. The molecular weight excluding hydrogens is 390 g/mol. The zero-order valence-corrected chi connectivity index (χ0v) is 22.0. The van der Waals surface area contributed by atoms with Crippen LogP contribution < -0.4 is 5.32 Å². The van der Waals surface area contributed by atoms with Gasteiger partial charge in [0.05, 0.1) is 0 Å². The van der Waals surface area contributed by atoms with Gasteiger partial charge in [-0.15, -0.1) is 0 Å². The van der Waals surface area contributed by atoms with E-state index in [1.165, 1.54) is 70.6 Å². The van der Waals surface area contributed by atoms with Crippen molar-refractivity contribution >= 4 is 0 Å². The van der Waals surface area contributed by atoms with Gasteiger partial charge in [-0.3, -0.25) is 0 Å². The molecule has 4 rings (SSSR count). The van der Waals surface area contributed by atoms with E-state index < -0.39 is 0 Å². The molecule has 0 radical (unpaired) electrons. The fraction of sp³-hybridized carbons (Fsp3) is 0.933. The van der Waals surface area contributed by atoms with Gasteiger partial charge < -0.3 is 10.4 Å². The van der Waals surface area contributed by atoms with Gasteiger partial charge >= 0.3 is 0 Å². The molecule has 184 valence electrons. The van der Waals surface area contributed by atoms with Gasteiger partial charge in [-0.05, 0) is 111 Å². The summed E-state index contributed by atoms with van der Waals surface area (Å²) in [5, 5.41) is 12.8. The maximum absolute atomic E-state index is 9.11. The number of rotatable bonds is 9. The van der Waals surface area contributed by atoms with E-state index in [4.69, 9.17) is 5.11 Å². The number of fused-ring (bicyclic) bond motifs is 5. The molecule has 0 unspecified atom stereocenters. The molecule has 0 aliphatic heterocycles. The fourth-order valence-corrected chi connectivity index (χ4v) is 9.28. The lowest BCUT2D eigenvalue weighted by Crippen LogP contribution is -2.51. The van der Waals surface area contributed by atoms with Gasteiger partial charge in [0.2, 0.25) is 0 Å². The van der Waals surface area contributed by atoms with Crippen LogP contribution in [0.2, 0.25) is 0 Å². The van der Waals surface area contributed by atoms with Gasteiger partial charge in [-0.1, -0.05) is 65.5 Å². The number of hydrogen-bond donors (Lipinski definition) is 2. The van der Waals surface area contributed by atoms with Gasteiger partial charge in [0.15, 0.2) is 0 Å². The molecule has 3 fully saturated rings. The van der Waals surface area contributed by atoms with Gasteiger partial charge in [0.25, 0.3) is 0 Å². The van der Waals surface area contributed by atoms with Crippen LogP contribution >= 0.6 is 0 Å². The van der Waals surface area contributed by atoms with Crippen molar-refractivity contribution in [2.24, 2.45) is 46.3 Å². The largest absolute Gasteiger partial charge is 0.396 e. The summed E-state index contributed by atoms with van der Waals surface area (Å²) in [4.78, 5) is 0. The second-order valence-corrected chi connectivity index (χ2v) is 13.2. The predicted octanol–water partition coefficient (Wildman–Crippen LogP) is 7.37. The van der Waals surface area contributed by atoms with E-state index in [1.807, 2.05) is 0 Å². The lowest BCUT2D eigenvalue weighted by atomic mass is 9.46. The second-order valence-electron chi connectivity index (χ2n) is 13.2. The number of aliphatic hydroxyl groups excluding tert-OH is 1. The average molecular weight is 444 g/mol. The first-order valence-corrected chi connectivity index (χ1v) is 14.3. The van der Waals surface area contributed by atoms with Crippen LogP contribution in [0.4, 0.5) is 0 Å². The molecule has 0 aromatic rings. The highest BCUT2D eigenvalue weighted by Gasteiger charge is 2.59. The van der Waals surface area contributed by atoms with E-state index in [0.29, 0.717) is 23.5 Å². The van der Waals surface area contributed by atoms with Gasteiger partial charge in [0.1, 0.15) is 0 Å². The van der Waals surface area contributed by atoms with Gasteiger partial charge in [-0.25, -0.2) is 0 Å². The normalized spacial score (nSPS) is 42.2. The predicted molar refractivity (Wildman–Crippen MR) is 137 cm³/mol. The van der Waals surface area contributed by atoms with Crippen molar-refractivity contribution in [1.82, 2.24) is 5.32 Å². The quantitative estimate of drug-likeness (QED) is 0.288. The summed E-state index contributed by atoms with van der Waals surface area (Å²) in [5.41, 5.74) is 2.85. The lowest BCUT2D eigenvalue weighted by Gasteiger charge is -2.59. The summed E-state index contributed by atoms with van der Waals surface area (Å²) in [6.07, 6.45) is 19.2. The Labute approximate surface area is 199 Å². The van der Waals surface area contributed by atoms with Crippen LogP contribution in [0.5, 0.6) is 0 Å². The molecule has 0 saturated heterocycles. The van der Waals surface area contributed by atoms with Crippen molar-refractivity contribution in [3.8, 4) is 0 Å². The third kappa shape index (κ3) is 4.61. The van der Waals surface area contributed by atoms with Crippen LogP contribution in [0.15, 0.2) is 11.6 Å². The Hall–Kier alpha value is -0.340. The monoisotopic (exact) mass is 443 g/mol. The Morgan fingerprint density at radius 2 is 1.78 bits per heavy atom. The highest BCUT2D eigenvalue weighted by Crippen LogP contribution is 2.67. The van der Waals surface area contributed by atoms with Gasteiger partial charge in [-0.2, -0.15) is 0 Å². The molecule has 0 aromatic carbocycles. The SMILES string of the molecule is CC(C)CCC[C@@H](C)[C@H]1CC[C@H]2[C@@H]3CCC4=C[C@@H](NCCCO)CC[C@]4(C)[C@H]3CC[C@]12C. The molecule has 2 nitrogen and oxygen atoms in total. The van der Waals surface area contributed by atoms with E-state index in [9.17, 15) is 0 Å². The smallest absolute Gasteiger partial charge is 0.0443 e. The van der Waals surface area contributed by atoms with Crippen LogP contribution in [-0.2, 0) is 0 Å². The van der Waals surface area contributed by atoms with Crippen LogP contribution in [0.1, 0.15) is 112 Å². The number of nitrogens with one attached hydrogen (secondary N) is 1. The van der Waals surface area contributed by atoms with Crippen LogP contribution in [-0.4, -0.2) is 24.3 Å². The van der Waals surface area contributed by atoms with Crippen molar-refractivity contribution in [2.75, 3.05) is 13.2 Å². The second kappa shape index (κ2) is 10.1. The zero-order valence-electron chi connectivity index (χ0n) is 22.0. The van der Waals surface area contributed by atoms with E-state index in [-0.39, 0.29) is 0 Å². The summed E-state index contributed by atoms with van der Waals surface area (Å²) >= 11 is 0. The minimum absolute atomic E-state index is 0.301. The molecule has 4 aliphatic rings. The fourth-order valence-electron chi connectivity index (χ4n) is 9.28. The molecule has 2 N–H and O–H groups in total. The summed E-state index contributed by atoms with van der Waals surface area (Å²) in [6, 6.07) is 0.539. The van der Waals surface area contributed by atoms with E-state index in [2.05, 4.69) is 46.0 Å². The van der Waals surface area contributed by atoms with Crippen LogP contribution in [0, 0.1) is 46.3 Å². The molecule has 4 aliphatic carbocycles. The average Bonchev–Trinajstić information content (AvgIpc) is 3.11. The van der Waals surface area contributed by atoms with Gasteiger partial charge in [0, 0.05) is 12.6 Å². The third-order valence-electron chi connectivity index (χ3n) is 11.1. The van der Waals surface area contributed by atoms with Crippen molar-refractivity contribution in [3.63, 3.8) is 0 Å². The third-order valence-corrected chi connectivity index (χ3v) is 11.1. The highest BCUT2D eigenvalue weighted by molar-refractivity contribution is 5.26. The molecule has 0 amide bonds. The maximum atomic E-state index is 9.11. The highest BCUT2D eigenvalue weighted by atomic mass is 16.3. The number of allylic oxidation sites excluding steroid dienone is 1. The summed E-state index contributed by atoms with van der Waals surface area (Å²) < 4.78 is 0. The van der Waals surface area contributed by atoms with Crippen LogP contribution in [0.25, 0.3) is 0 Å². The summed E-state index contributed by atoms with van der Waals surface area (Å²) in [6.45, 7) is 14.0. The molecule has 0 spiro atoms. The Morgan fingerprint density at radius 3 is 2.53 bits per heavy atom. The molecule has 3 saturated carbocycles. The molecule has 0 aromatic heterocycles. The van der Waals surface area contributed by atoms with Crippen molar-refractivity contribution in [2.45, 2.75) is 118 Å². The lowest BCUT2D eigenvalue weighted by molar-refractivity contribution is -0.0599. The molecule has 0 heterocycles. The molecular formula is C30H53NO. The van der Waals surface area contributed by atoms with Crippen LogP contribution in [0.3, 0.4) is 0 Å². The summed E-state index contributed by atoms with van der Waals surface area (Å²) in [7, 11) is 0. The topological polar surface area (TPSA) is 32.3 Å². The summed E-state index contributed by atoms with van der Waals surface area (Å²) in [5.74, 6) is 5.62. The first kappa shape index (κ1) is 24.8. The zero-order chi connectivity index (χ0) is 22.9. The minimum atomic E-state index is 0.301. The van der Waals surface area contributed by atoms with E-state index in [0.717, 1.165) is 48.5 Å². The van der Waals surface area contributed by atoms with Crippen molar-refractivity contribution in [3.05, 3.63) is 11.6 Å². The Balaban J connectivity index is 1.43. The Morgan fingerprint density at radius 1 is 0.969 bits per heavy atom. The Kier molecular flexibility index (Phi) is 7.82. The number of hydrogen-bond acceptors (Lipinski definition) is 2. The standard InChI is InChI=1S/C30H53NO/c1-21(2)8-6-9-22(3)26-12-13-27-25-11-10-23-20-24(31-18-7-19-32)14-16-29(23,4)28(25)15-17-30(26,27)5/h20-22,24-28,31-32H,6-19H2,1-5H3/t22-,24+,25+,26-,27+,28+,29+,30-/m1/s1. The molecule has 0 bridgehead atoms. The molecule has 32 heavy (non-hydrogen) atoms. The molecule has 8 atom stereocenters.